The second kappa shape index (κ2) is 3.00. The predicted molar refractivity (Wildman–Crippen MR) is 48.9 cm³/mol. The zero-order valence-corrected chi connectivity index (χ0v) is 8.18. The maximum atomic E-state index is 5.93. The van der Waals surface area contributed by atoms with E-state index < -0.39 is 0 Å². The maximum Gasteiger partial charge on any atom is 0.124 e. The summed E-state index contributed by atoms with van der Waals surface area (Å²) >= 11 is 0. The molecule has 1 saturated carbocycles. The molecule has 1 heterocycles. The van der Waals surface area contributed by atoms with E-state index in [4.69, 9.17) is 4.74 Å². The zero-order chi connectivity index (χ0) is 8.60. The fraction of sp³-hybridized carbons (Fsp3) is 1.00. The lowest BCUT2D eigenvalue weighted by atomic mass is 9.82. The molecule has 2 nitrogen and oxygen atoms in total. The van der Waals surface area contributed by atoms with E-state index in [0.717, 1.165) is 19.1 Å². The Morgan fingerprint density at radius 2 is 2.25 bits per heavy atom. The molecule has 0 aromatic carbocycles. The topological polar surface area (TPSA) is 12.5 Å². The molecule has 0 aromatic heterocycles. The first-order valence-corrected chi connectivity index (χ1v) is 5.11. The lowest BCUT2D eigenvalue weighted by molar-refractivity contribution is -0.133. The molecule has 0 radical (unpaired) electrons. The summed E-state index contributed by atoms with van der Waals surface area (Å²) in [6.07, 6.45) is 5.31. The van der Waals surface area contributed by atoms with Crippen molar-refractivity contribution < 1.29 is 4.74 Å². The van der Waals surface area contributed by atoms with Gasteiger partial charge in [-0.25, -0.2) is 0 Å². The molecule has 2 rings (SSSR count). The molecule has 70 valence electrons. The minimum absolute atomic E-state index is 0.123. The van der Waals surface area contributed by atoms with E-state index in [9.17, 15) is 0 Å². The molecule has 2 aliphatic rings. The van der Waals surface area contributed by atoms with Crippen molar-refractivity contribution in [1.29, 1.82) is 0 Å². The number of rotatable bonds is 0. The molecule has 2 fully saturated rings. The van der Waals surface area contributed by atoms with Gasteiger partial charge in [-0.05, 0) is 32.2 Å². The van der Waals surface area contributed by atoms with Crippen molar-refractivity contribution in [2.75, 3.05) is 20.2 Å². The molecule has 0 aromatic rings. The third kappa shape index (κ3) is 1.09. The number of nitrogens with zero attached hydrogens (tertiary/aromatic N) is 1. The normalized spacial score (nSPS) is 44.0. The van der Waals surface area contributed by atoms with Crippen molar-refractivity contribution in [3.05, 3.63) is 0 Å². The van der Waals surface area contributed by atoms with E-state index in [1.165, 1.54) is 25.7 Å². The summed E-state index contributed by atoms with van der Waals surface area (Å²) in [5.41, 5.74) is 0.123. The SMILES string of the molecule is CC1CCCCC12OCCN2C. The number of hydrogen-bond donors (Lipinski definition) is 0. The van der Waals surface area contributed by atoms with Crippen molar-refractivity contribution in [3.63, 3.8) is 0 Å². The van der Waals surface area contributed by atoms with E-state index >= 15 is 0 Å². The molecule has 12 heavy (non-hydrogen) atoms. The molecule has 0 bridgehead atoms. The maximum absolute atomic E-state index is 5.93. The molecule has 0 N–H and O–H groups in total. The second-order valence-electron chi connectivity index (χ2n) is 4.26. The summed E-state index contributed by atoms with van der Waals surface area (Å²) in [5, 5.41) is 0. The van der Waals surface area contributed by atoms with Gasteiger partial charge in [0, 0.05) is 6.54 Å². The summed E-state index contributed by atoms with van der Waals surface area (Å²) in [5.74, 6) is 0.721. The average molecular weight is 169 g/mol. The smallest absolute Gasteiger partial charge is 0.124 e. The molecule has 2 atom stereocenters. The van der Waals surface area contributed by atoms with Crippen LogP contribution in [0.2, 0.25) is 0 Å². The van der Waals surface area contributed by atoms with E-state index in [0.29, 0.717) is 0 Å². The van der Waals surface area contributed by atoms with E-state index in [1.54, 1.807) is 0 Å². The van der Waals surface area contributed by atoms with Crippen LogP contribution in [0.5, 0.6) is 0 Å². The Bertz CT molecular complexity index is 171. The minimum atomic E-state index is 0.123. The van der Waals surface area contributed by atoms with Crippen LogP contribution in [-0.4, -0.2) is 30.8 Å². The van der Waals surface area contributed by atoms with Crippen LogP contribution < -0.4 is 0 Å². The molecule has 1 aliphatic carbocycles. The van der Waals surface area contributed by atoms with Gasteiger partial charge in [0.25, 0.3) is 0 Å². The van der Waals surface area contributed by atoms with Crippen molar-refractivity contribution in [2.45, 2.75) is 38.3 Å². The molecule has 2 heteroatoms. The Morgan fingerprint density at radius 3 is 2.83 bits per heavy atom. The predicted octanol–water partition coefficient (Wildman–Crippen LogP) is 1.85. The minimum Gasteiger partial charge on any atom is -0.359 e. The highest BCUT2D eigenvalue weighted by atomic mass is 16.5. The highest BCUT2D eigenvalue weighted by Crippen LogP contribution is 2.40. The fourth-order valence-electron chi connectivity index (χ4n) is 2.74. The van der Waals surface area contributed by atoms with Crippen LogP contribution in [0.1, 0.15) is 32.6 Å². The van der Waals surface area contributed by atoms with E-state index in [2.05, 4.69) is 18.9 Å². The van der Waals surface area contributed by atoms with Gasteiger partial charge in [-0.15, -0.1) is 0 Å². The third-order valence-corrected chi connectivity index (χ3v) is 3.62. The number of hydrogen-bond acceptors (Lipinski definition) is 2. The van der Waals surface area contributed by atoms with Gasteiger partial charge in [0.1, 0.15) is 5.72 Å². The van der Waals surface area contributed by atoms with E-state index in [1.807, 2.05) is 0 Å². The van der Waals surface area contributed by atoms with Crippen LogP contribution >= 0.6 is 0 Å². The van der Waals surface area contributed by atoms with Gasteiger partial charge in [-0.2, -0.15) is 0 Å². The summed E-state index contributed by atoms with van der Waals surface area (Å²) in [6.45, 7) is 4.38. The van der Waals surface area contributed by atoms with Crippen molar-refractivity contribution in [3.8, 4) is 0 Å². The van der Waals surface area contributed by atoms with Gasteiger partial charge >= 0.3 is 0 Å². The third-order valence-electron chi connectivity index (χ3n) is 3.62. The van der Waals surface area contributed by atoms with Gasteiger partial charge < -0.3 is 4.74 Å². The molecule has 2 unspecified atom stereocenters. The number of ether oxygens (including phenoxy) is 1. The molecule has 1 spiro atoms. The molecule has 1 aliphatic heterocycles. The number of likely N-dealkylation sites (N-methyl/N-ethyl adjacent to an activating group) is 1. The lowest BCUT2D eigenvalue weighted by Gasteiger charge is -2.43. The van der Waals surface area contributed by atoms with Crippen LogP contribution in [0, 0.1) is 5.92 Å². The lowest BCUT2D eigenvalue weighted by Crippen LogP contribution is -2.49. The Labute approximate surface area is 74.9 Å². The molecule has 0 amide bonds. The van der Waals surface area contributed by atoms with Gasteiger partial charge in [-0.3, -0.25) is 4.90 Å². The van der Waals surface area contributed by atoms with Crippen LogP contribution in [0.3, 0.4) is 0 Å². The van der Waals surface area contributed by atoms with Gasteiger partial charge in [0.05, 0.1) is 6.61 Å². The molecule has 1 saturated heterocycles. The zero-order valence-electron chi connectivity index (χ0n) is 8.18. The van der Waals surface area contributed by atoms with Crippen molar-refractivity contribution in [1.82, 2.24) is 4.90 Å². The highest BCUT2D eigenvalue weighted by molar-refractivity contribution is 4.91. The average Bonchev–Trinajstić information content (AvgIpc) is 2.41. The van der Waals surface area contributed by atoms with Crippen LogP contribution in [-0.2, 0) is 4.74 Å². The Balaban J connectivity index is 2.15. The van der Waals surface area contributed by atoms with Crippen LogP contribution in [0.4, 0.5) is 0 Å². The first-order valence-electron chi connectivity index (χ1n) is 5.11. The summed E-state index contributed by atoms with van der Waals surface area (Å²) in [4.78, 5) is 2.41. The van der Waals surface area contributed by atoms with Crippen molar-refractivity contribution >= 4 is 0 Å². The largest absolute Gasteiger partial charge is 0.359 e. The first kappa shape index (κ1) is 8.52. The monoisotopic (exact) mass is 169 g/mol. The van der Waals surface area contributed by atoms with Gasteiger partial charge in [0.2, 0.25) is 0 Å². The summed E-state index contributed by atoms with van der Waals surface area (Å²) in [6, 6.07) is 0. The quantitative estimate of drug-likeness (QED) is 0.549. The Kier molecular flexibility index (Phi) is 2.13. The fourth-order valence-corrected chi connectivity index (χ4v) is 2.74. The summed E-state index contributed by atoms with van der Waals surface area (Å²) < 4.78 is 5.93. The van der Waals surface area contributed by atoms with E-state index in [-0.39, 0.29) is 5.72 Å². The van der Waals surface area contributed by atoms with Gasteiger partial charge in [0.15, 0.2) is 0 Å². The Hall–Kier alpha value is -0.0800. The Morgan fingerprint density at radius 1 is 1.42 bits per heavy atom. The standard InChI is InChI=1S/C10H19NO/c1-9-5-3-4-6-10(9)11(2)7-8-12-10/h9H,3-8H2,1-2H3. The molecular weight excluding hydrogens is 150 g/mol. The van der Waals surface area contributed by atoms with Crippen LogP contribution in [0.15, 0.2) is 0 Å². The highest BCUT2D eigenvalue weighted by Gasteiger charge is 2.45. The van der Waals surface area contributed by atoms with Crippen LogP contribution in [0.25, 0.3) is 0 Å². The summed E-state index contributed by atoms with van der Waals surface area (Å²) in [7, 11) is 2.20. The molecular formula is C10H19NO. The van der Waals surface area contributed by atoms with Gasteiger partial charge in [-0.1, -0.05) is 13.3 Å². The first-order chi connectivity index (χ1) is 5.76. The van der Waals surface area contributed by atoms with Crippen molar-refractivity contribution in [2.24, 2.45) is 5.92 Å². The second-order valence-corrected chi connectivity index (χ2v) is 4.26.